The Kier molecular flexibility index (Phi) is 4.40. The first kappa shape index (κ1) is 14.1. The van der Waals surface area contributed by atoms with Crippen LogP contribution in [0.25, 0.3) is 0 Å². The number of carbonyl (C=O) groups is 1. The lowest BCUT2D eigenvalue weighted by Crippen LogP contribution is -2.15. The Hall–Kier alpha value is -2.30. The van der Waals surface area contributed by atoms with Crippen molar-refractivity contribution in [1.29, 1.82) is 0 Å². The monoisotopic (exact) mass is 273 g/mol. The average Bonchev–Trinajstić information content (AvgIpc) is 2.82. The zero-order valence-electron chi connectivity index (χ0n) is 12.0. The van der Waals surface area contributed by atoms with Crippen LogP contribution in [0.15, 0.2) is 28.8 Å². The summed E-state index contributed by atoms with van der Waals surface area (Å²) in [6.07, 6.45) is 0.997. The molecule has 1 heterocycles. The summed E-state index contributed by atoms with van der Waals surface area (Å²) in [6, 6.07) is 7.45. The fraction of sp³-hybridized carbons (Fsp3) is 0.333. The van der Waals surface area contributed by atoms with Crippen molar-refractivity contribution in [2.45, 2.75) is 27.2 Å². The van der Waals surface area contributed by atoms with Gasteiger partial charge in [0.25, 0.3) is 5.91 Å². The molecule has 0 unspecified atom stereocenters. The van der Waals surface area contributed by atoms with E-state index in [-0.39, 0.29) is 5.91 Å². The van der Waals surface area contributed by atoms with Gasteiger partial charge in [0.1, 0.15) is 5.76 Å². The van der Waals surface area contributed by atoms with Crippen LogP contribution in [0.4, 0.5) is 11.5 Å². The highest BCUT2D eigenvalue weighted by molar-refractivity contribution is 6.07. The lowest BCUT2D eigenvalue weighted by Gasteiger charge is -2.11. The van der Waals surface area contributed by atoms with Crippen molar-refractivity contribution in [3.05, 3.63) is 41.2 Å². The predicted octanol–water partition coefficient (Wildman–Crippen LogP) is 3.37. The number of hydrogen-bond donors (Lipinski definition) is 2. The lowest BCUT2D eigenvalue weighted by molar-refractivity contribution is 0.102. The van der Waals surface area contributed by atoms with Crippen molar-refractivity contribution in [3.8, 4) is 0 Å². The van der Waals surface area contributed by atoms with Crippen LogP contribution in [0.2, 0.25) is 0 Å². The zero-order valence-corrected chi connectivity index (χ0v) is 12.0. The van der Waals surface area contributed by atoms with E-state index < -0.39 is 0 Å². The van der Waals surface area contributed by atoms with Gasteiger partial charge in [-0.1, -0.05) is 23.7 Å². The standard InChI is InChI=1S/C15H19N3O2/c1-4-7-16-13-6-5-10(2)8-12(13)15(19)17-14-9-11(3)20-18-14/h5-6,8-9,16H,4,7H2,1-3H3,(H,17,18,19). The molecule has 0 aliphatic carbocycles. The van der Waals surface area contributed by atoms with Gasteiger partial charge in [-0.2, -0.15) is 0 Å². The predicted molar refractivity (Wildman–Crippen MR) is 79.2 cm³/mol. The number of rotatable bonds is 5. The highest BCUT2D eigenvalue weighted by atomic mass is 16.5. The fourth-order valence-electron chi connectivity index (χ4n) is 1.87. The van der Waals surface area contributed by atoms with Crippen molar-refractivity contribution in [3.63, 3.8) is 0 Å². The van der Waals surface area contributed by atoms with Crippen LogP contribution in [-0.4, -0.2) is 17.6 Å². The molecule has 106 valence electrons. The molecular weight excluding hydrogens is 254 g/mol. The third kappa shape index (κ3) is 3.38. The van der Waals surface area contributed by atoms with E-state index in [9.17, 15) is 4.79 Å². The van der Waals surface area contributed by atoms with Crippen LogP contribution in [-0.2, 0) is 0 Å². The molecule has 5 heteroatoms. The number of carbonyl (C=O) groups excluding carboxylic acids is 1. The van der Waals surface area contributed by atoms with E-state index in [0.29, 0.717) is 17.1 Å². The van der Waals surface area contributed by atoms with Gasteiger partial charge in [-0.3, -0.25) is 4.79 Å². The molecule has 1 aromatic carbocycles. The molecule has 1 amide bonds. The second-order valence-electron chi connectivity index (χ2n) is 4.75. The smallest absolute Gasteiger partial charge is 0.259 e. The fourth-order valence-corrected chi connectivity index (χ4v) is 1.87. The molecule has 5 nitrogen and oxygen atoms in total. The van der Waals surface area contributed by atoms with Gasteiger partial charge in [-0.15, -0.1) is 0 Å². The largest absolute Gasteiger partial charge is 0.384 e. The molecule has 0 aliphatic rings. The van der Waals surface area contributed by atoms with E-state index in [2.05, 4.69) is 22.7 Å². The van der Waals surface area contributed by atoms with Crippen molar-refractivity contribution in [2.24, 2.45) is 0 Å². The van der Waals surface area contributed by atoms with Crippen LogP contribution in [0, 0.1) is 13.8 Å². The first-order valence-electron chi connectivity index (χ1n) is 6.69. The number of amides is 1. The van der Waals surface area contributed by atoms with Crippen LogP contribution in [0.1, 0.15) is 35.0 Å². The maximum atomic E-state index is 12.3. The van der Waals surface area contributed by atoms with Gasteiger partial charge >= 0.3 is 0 Å². The summed E-state index contributed by atoms with van der Waals surface area (Å²) in [7, 11) is 0. The third-order valence-electron chi connectivity index (χ3n) is 2.85. The topological polar surface area (TPSA) is 67.2 Å². The van der Waals surface area contributed by atoms with E-state index in [4.69, 9.17) is 4.52 Å². The molecule has 2 N–H and O–H groups in total. The Labute approximate surface area is 118 Å². The van der Waals surface area contributed by atoms with Crippen LogP contribution >= 0.6 is 0 Å². The summed E-state index contributed by atoms with van der Waals surface area (Å²) in [6.45, 7) is 6.65. The summed E-state index contributed by atoms with van der Waals surface area (Å²) in [4.78, 5) is 12.3. The molecule has 2 aromatic rings. The van der Waals surface area contributed by atoms with E-state index >= 15 is 0 Å². The molecule has 0 saturated heterocycles. The highest BCUT2D eigenvalue weighted by Gasteiger charge is 2.13. The van der Waals surface area contributed by atoms with Gasteiger partial charge in [0.05, 0.1) is 5.56 Å². The van der Waals surface area contributed by atoms with Crippen LogP contribution in [0.5, 0.6) is 0 Å². The zero-order chi connectivity index (χ0) is 14.5. The van der Waals surface area contributed by atoms with Gasteiger partial charge in [0, 0.05) is 18.3 Å². The molecule has 0 saturated carbocycles. The highest BCUT2D eigenvalue weighted by Crippen LogP contribution is 2.19. The second-order valence-corrected chi connectivity index (χ2v) is 4.75. The number of benzene rings is 1. The molecule has 0 radical (unpaired) electrons. The van der Waals surface area contributed by atoms with Crippen molar-refractivity contribution >= 4 is 17.4 Å². The molecule has 0 atom stereocenters. The van der Waals surface area contributed by atoms with Crippen LogP contribution in [0.3, 0.4) is 0 Å². The minimum absolute atomic E-state index is 0.194. The average molecular weight is 273 g/mol. The van der Waals surface area contributed by atoms with E-state index in [1.807, 2.05) is 25.1 Å². The summed E-state index contributed by atoms with van der Waals surface area (Å²) >= 11 is 0. The molecule has 0 spiro atoms. The van der Waals surface area contributed by atoms with E-state index in [1.165, 1.54) is 0 Å². The van der Waals surface area contributed by atoms with Crippen molar-refractivity contribution in [1.82, 2.24) is 5.16 Å². The van der Waals surface area contributed by atoms with Gasteiger partial charge in [0.2, 0.25) is 0 Å². The maximum Gasteiger partial charge on any atom is 0.259 e. The minimum Gasteiger partial charge on any atom is -0.384 e. The van der Waals surface area contributed by atoms with Gasteiger partial charge in [0.15, 0.2) is 5.82 Å². The van der Waals surface area contributed by atoms with Crippen molar-refractivity contribution in [2.75, 3.05) is 17.2 Å². The Morgan fingerprint density at radius 3 is 2.75 bits per heavy atom. The third-order valence-corrected chi connectivity index (χ3v) is 2.85. The number of hydrogen-bond acceptors (Lipinski definition) is 4. The maximum absolute atomic E-state index is 12.3. The van der Waals surface area contributed by atoms with E-state index in [0.717, 1.165) is 24.2 Å². The normalized spacial score (nSPS) is 10.3. The Balaban J connectivity index is 2.21. The number of aryl methyl sites for hydroxylation is 2. The summed E-state index contributed by atoms with van der Waals surface area (Å²) in [5, 5.41) is 9.76. The molecule has 0 fully saturated rings. The van der Waals surface area contributed by atoms with E-state index in [1.54, 1.807) is 13.0 Å². The van der Waals surface area contributed by atoms with Gasteiger partial charge < -0.3 is 15.2 Å². The second kappa shape index (κ2) is 6.23. The molecule has 1 aromatic heterocycles. The Morgan fingerprint density at radius 2 is 2.10 bits per heavy atom. The molecule has 0 aliphatic heterocycles. The lowest BCUT2D eigenvalue weighted by atomic mass is 10.1. The molecule has 2 rings (SSSR count). The van der Waals surface area contributed by atoms with Gasteiger partial charge in [-0.05, 0) is 32.4 Å². The summed E-state index contributed by atoms with van der Waals surface area (Å²) in [5.41, 5.74) is 2.47. The summed E-state index contributed by atoms with van der Waals surface area (Å²) in [5.74, 6) is 0.893. The summed E-state index contributed by atoms with van der Waals surface area (Å²) < 4.78 is 4.94. The molecule has 0 bridgehead atoms. The number of nitrogens with one attached hydrogen (secondary N) is 2. The Morgan fingerprint density at radius 1 is 1.30 bits per heavy atom. The number of aromatic nitrogens is 1. The number of nitrogens with zero attached hydrogens (tertiary/aromatic N) is 1. The quantitative estimate of drug-likeness (QED) is 0.876. The Bertz CT molecular complexity index is 605. The first-order valence-corrected chi connectivity index (χ1v) is 6.69. The minimum atomic E-state index is -0.194. The van der Waals surface area contributed by atoms with Gasteiger partial charge in [-0.25, -0.2) is 0 Å². The number of anilines is 2. The molecule has 20 heavy (non-hydrogen) atoms. The van der Waals surface area contributed by atoms with Crippen molar-refractivity contribution < 1.29 is 9.32 Å². The first-order chi connectivity index (χ1) is 9.60. The SMILES string of the molecule is CCCNc1ccc(C)cc1C(=O)Nc1cc(C)on1. The van der Waals surface area contributed by atoms with Crippen LogP contribution < -0.4 is 10.6 Å². The molecular formula is C15H19N3O2.